The third-order valence-electron chi connectivity index (χ3n) is 2.77. The molecule has 2 rings (SSSR count). The van der Waals surface area contributed by atoms with Crippen molar-refractivity contribution in [2.45, 2.75) is 26.2 Å². The Kier molecular flexibility index (Phi) is 3.90. The Bertz CT molecular complexity index is 421. The fourth-order valence-corrected chi connectivity index (χ4v) is 1.89. The van der Waals surface area contributed by atoms with Crippen LogP contribution in [0.2, 0.25) is 0 Å². The molecule has 0 radical (unpaired) electrons. The van der Waals surface area contributed by atoms with Crippen molar-refractivity contribution in [2.24, 2.45) is 0 Å². The topological polar surface area (TPSA) is 64.8 Å². The lowest BCUT2D eigenvalue weighted by Gasteiger charge is -2.37. The molecule has 1 aliphatic rings. The molecule has 1 aliphatic heterocycles. The lowest BCUT2D eigenvalue weighted by molar-refractivity contribution is -0.385. The Balaban J connectivity index is 2.17. The number of hydrogen-bond acceptors (Lipinski definition) is 5. The molecule has 6 nitrogen and oxygen atoms in total. The van der Waals surface area contributed by atoms with Crippen LogP contribution in [-0.2, 0) is 9.57 Å². The van der Waals surface area contributed by atoms with Crippen LogP contribution in [0, 0.1) is 10.1 Å². The highest BCUT2D eigenvalue weighted by Crippen LogP contribution is 2.28. The summed E-state index contributed by atoms with van der Waals surface area (Å²) in [6.45, 7) is 5.11. The van der Waals surface area contributed by atoms with Gasteiger partial charge in [-0.2, -0.15) is 5.06 Å². The number of ether oxygens (including phenoxy) is 1. The molecule has 6 heteroatoms. The number of benzene rings is 1. The molecule has 18 heavy (non-hydrogen) atoms. The second kappa shape index (κ2) is 5.43. The summed E-state index contributed by atoms with van der Waals surface area (Å²) in [6, 6.07) is 6.35. The van der Waals surface area contributed by atoms with E-state index in [-0.39, 0.29) is 18.0 Å². The second-order valence-corrected chi connectivity index (χ2v) is 4.18. The fourth-order valence-electron chi connectivity index (χ4n) is 1.89. The number of non-ortho nitro benzene ring substituents is 1. The molecule has 98 valence electrons. The molecule has 1 aromatic rings. The van der Waals surface area contributed by atoms with Crippen LogP contribution in [-0.4, -0.2) is 29.2 Å². The maximum atomic E-state index is 10.6. The third-order valence-corrected chi connectivity index (χ3v) is 2.77. The van der Waals surface area contributed by atoms with Gasteiger partial charge in [-0.15, -0.1) is 0 Å². The maximum absolute atomic E-state index is 10.6. The van der Waals surface area contributed by atoms with E-state index in [1.54, 1.807) is 17.2 Å². The van der Waals surface area contributed by atoms with E-state index in [9.17, 15) is 10.1 Å². The lowest BCUT2D eigenvalue weighted by Crippen LogP contribution is -2.41. The number of nitro groups is 1. The van der Waals surface area contributed by atoms with Crippen molar-refractivity contribution in [3.05, 3.63) is 39.9 Å². The van der Waals surface area contributed by atoms with E-state index in [2.05, 4.69) is 0 Å². The first-order chi connectivity index (χ1) is 8.61. The molecule has 0 bridgehead atoms. The van der Waals surface area contributed by atoms with Crippen LogP contribution >= 0.6 is 0 Å². The third kappa shape index (κ3) is 2.66. The van der Waals surface area contributed by atoms with Crippen LogP contribution in [0.15, 0.2) is 24.3 Å². The van der Waals surface area contributed by atoms with Gasteiger partial charge in [0.15, 0.2) is 6.23 Å². The van der Waals surface area contributed by atoms with Gasteiger partial charge in [0, 0.05) is 18.7 Å². The monoisotopic (exact) mass is 252 g/mol. The smallest absolute Gasteiger partial charge is 0.269 e. The van der Waals surface area contributed by atoms with Crippen LogP contribution < -0.4 is 0 Å². The zero-order valence-electron chi connectivity index (χ0n) is 10.4. The summed E-state index contributed by atoms with van der Waals surface area (Å²) < 4.78 is 5.71. The normalized spacial score (nSPS) is 25.0. The van der Waals surface area contributed by atoms with E-state index in [0.29, 0.717) is 13.2 Å². The van der Waals surface area contributed by atoms with Crippen molar-refractivity contribution >= 4 is 5.69 Å². The molecule has 2 unspecified atom stereocenters. The molecule has 0 spiro atoms. The Hall–Kier alpha value is -1.50. The minimum absolute atomic E-state index is 0.0271. The summed E-state index contributed by atoms with van der Waals surface area (Å²) in [7, 11) is 0. The number of hydrogen-bond donors (Lipinski definition) is 0. The summed E-state index contributed by atoms with van der Waals surface area (Å²) in [6.07, 6.45) is -0.272. The molecule has 1 aromatic carbocycles. The molecule has 2 atom stereocenters. The average molecular weight is 252 g/mol. The van der Waals surface area contributed by atoms with Gasteiger partial charge < -0.3 is 4.74 Å². The van der Waals surface area contributed by atoms with Crippen molar-refractivity contribution in [2.75, 3.05) is 13.2 Å². The Labute approximate surface area is 105 Å². The zero-order chi connectivity index (χ0) is 13.1. The number of nitrogens with zero attached hydrogens (tertiary/aromatic N) is 2. The first-order valence-corrected chi connectivity index (χ1v) is 5.91. The van der Waals surface area contributed by atoms with Gasteiger partial charge in [0.2, 0.25) is 0 Å². The fraction of sp³-hybridized carbons (Fsp3) is 0.500. The van der Waals surface area contributed by atoms with Crippen LogP contribution in [0.5, 0.6) is 0 Å². The predicted octanol–water partition coefficient (Wildman–Crippen LogP) is 2.27. The molecule has 0 aromatic heterocycles. The van der Waals surface area contributed by atoms with E-state index in [4.69, 9.17) is 9.57 Å². The number of hydroxylamine groups is 2. The largest absolute Gasteiger partial charge is 0.354 e. The van der Waals surface area contributed by atoms with E-state index < -0.39 is 4.92 Å². The first kappa shape index (κ1) is 12.9. The number of nitro benzene ring substituents is 1. The van der Waals surface area contributed by atoms with E-state index in [1.807, 2.05) is 13.8 Å². The van der Waals surface area contributed by atoms with Crippen LogP contribution in [0.25, 0.3) is 0 Å². The summed E-state index contributed by atoms with van der Waals surface area (Å²) >= 11 is 0. The molecule has 0 N–H and O–H groups in total. The van der Waals surface area contributed by atoms with Gasteiger partial charge in [-0.1, -0.05) is 0 Å². The van der Waals surface area contributed by atoms with Crippen LogP contribution in [0.1, 0.15) is 25.6 Å². The van der Waals surface area contributed by atoms with Crippen molar-refractivity contribution < 1.29 is 14.5 Å². The number of rotatable bonds is 3. The van der Waals surface area contributed by atoms with E-state index in [1.165, 1.54) is 12.1 Å². The SMILES string of the molecule is CCN1OC(C)COC1c1ccc([N+](=O)[O-])cc1. The Morgan fingerprint density at radius 1 is 1.44 bits per heavy atom. The van der Waals surface area contributed by atoms with Gasteiger partial charge in [-0.25, -0.2) is 0 Å². The van der Waals surface area contributed by atoms with E-state index in [0.717, 1.165) is 5.56 Å². The lowest BCUT2D eigenvalue weighted by atomic mass is 10.1. The highest BCUT2D eigenvalue weighted by Gasteiger charge is 2.28. The molecule has 1 saturated heterocycles. The molecule has 0 aliphatic carbocycles. The molecule has 1 fully saturated rings. The van der Waals surface area contributed by atoms with Gasteiger partial charge in [-0.05, 0) is 31.5 Å². The minimum Gasteiger partial charge on any atom is -0.354 e. The minimum atomic E-state index is -0.415. The Morgan fingerprint density at radius 2 is 2.11 bits per heavy atom. The maximum Gasteiger partial charge on any atom is 0.269 e. The summed E-state index contributed by atoms with van der Waals surface area (Å²) in [5.74, 6) is 0. The molecular formula is C12H16N2O4. The van der Waals surface area contributed by atoms with Gasteiger partial charge in [0.1, 0.15) is 0 Å². The van der Waals surface area contributed by atoms with Crippen molar-refractivity contribution in [3.63, 3.8) is 0 Å². The second-order valence-electron chi connectivity index (χ2n) is 4.18. The van der Waals surface area contributed by atoms with Crippen LogP contribution in [0.4, 0.5) is 5.69 Å². The van der Waals surface area contributed by atoms with Crippen LogP contribution in [0.3, 0.4) is 0 Å². The highest BCUT2D eigenvalue weighted by molar-refractivity contribution is 5.33. The quantitative estimate of drug-likeness (QED) is 0.610. The van der Waals surface area contributed by atoms with Crippen molar-refractivity contribution in [3.8, 4) is 0 Å². The average Bonchev–Trinajstić information content (AvgIpc) is 2.38. The summed E-state index contributed by atoms with van der Waals surface area (Å²) in [5.41, 5.74) is 0.932. The predicted molar refractivity (Wildman–Crippen MR) is 64.7 cm³/mol. The van der Waals surface area contributed by atoms with Gasteiger partial charge in [-0.3, -0.25) is 15.0 Å². The summed E-state index contributed by atoms with van der Waals surface area (Å²) in [4.78, 5) is 15.8. The Morgan fingerprint density at radius 3 is 2.67 bits per heavy atom. The standard InChI is InChI=1S/C12H16N2O4/c1-3-13-12(17-8-9(2)18-13)10-4-6-11(7-5-10)14(15)16/h4-7,9,12H,3,8H2,1-2H3. The van der Waals surface area contributed by atoms with E-state index >= 15 is 0 Å². The van der Waals surface area contributed by atoms with Gasteiger partial charge in [0.05, 0.1) is 17.6 Å². The van der Waals surface area contributed by atoms with Gasteiger partial charge in [0.25, 0.3) is 5.69 Å². The molecule has 1 heterocycles. The first-order valence-electron chi connectivity index (χ1n) is 5.91. The van der Waals surface area contributed by atoms with Gasteiger partial charge >= 0.3 is 0 Å². The van der Waals surface area contributed by atoms with Crippen molar-refractivity contribution in [1.82, 2.24) is 5.06 Å². The summed E-state index contributed by atoms with van der Waals surface area (Å²) in [5, 5.41) is 12.3. The molecule has 0 amide bonds. The zero-order valence-corrected chi connectivity index (χ0v) is 10.4. The molecule has 0 saturated carbocycles. The molecular weight excluding hydrogens is 236 g/mol. The van der Waals surface area contributed by atoms with Crippen molar-refractivity contribution in [1.29, 1.82) is 0 Å². The highest BCUT2D eigenvalue weighted by atomic mass is 16.7.